The van der Waals surface area contributed by atoms with Crippen LogP contribution in [-0.2, 0) is 0 Å². The van der Waals surface area contributed by atoms with E-state index >= 15 is 0 Å². The van der Waals surface area contributed by atoms with Gasteiger partial charge < -0.3 is 0 Å². The summed E-state index contributed by atoms with van der Waals surface area (Å²) >= 11 is 2.81. The van der Waals surface area contributed by atoms with Gasteiger partial charge in [-0.1, -0.05) is 12.1 Å². The van der Waals surface area contributed by atoms with Crippen molar-refractivity contribution in [2.45, 2.75) is 13.8 Å². The topological polar surface area (TPSA) is 54.9 Å². The second-order valence-corrected chi connectivity index (χ2v) is 7.09. The Morgan fingerprint density at radius 3 is 2.55 bits per heavy atom. The summed E-state index contributed by atoms with van der Waals surface area (Å²) < 4.78 is 13.1. The molecule has 2 heterocycles. The second kappa shape index (κ2) is 5.94. The first kappa shape index (κ1) is 14.8. The fraction of sp³-hybridized carbons (Fsp3) is 0.133. The van der Waals surface area contributed by atoms with E-state index in [9.17, 15) is 9.18 Å². The van der Waals surface area contributed by atoms with Crippen LogP contribution in [0, 0.1) is 19.7 Å². The molecule has 4 nitrogen and oxygen atoms in total. The Morgan fingerprint density at radius 2 is 1.91 bits per heavy atom. The molecule has 0 saturated heterocycles. The number of halogens is 1. The van der Waals surface area contributed by atoms with E-state index in [1.807, 2.05) is 13.8 Å². The van der Waals surface area contributed by atoms with Crippen molar-refractivity contribution in [3.8, 4) is 10.4 Å². The van der Waals surface area contributed by atoms with E-state index in [1.54, 1.807) is 18.3 Å². The molecule has 2 aromatic heterocycles. The van der Waals surface area contributed by atoms with E-state index in [1.165, 1.54) is 34.8 Å². The summed E-state index contributed by atoms with van der Waals surface area (Å²) in [4.78, 5) is 22.6. The van der Waals surface area contributed by atoms with E-state index < -0.39 is 0 Å². The number of aryl methyl sites for hydroxylation is 2. The summed E-state index contributed by atoms with van der Waals surface area (Å²) in [6, 6.07) is 6.03. The lowest BCUT2D eigenvalue weighted by atomic mass is 10.1. The third-order valence-corrected chi connectivity index (χ3v) is 4.75. The zero-order chi connectivity index (χ0) is 15.7. The molecule has 0 saturated carbocycles. The molecule has 0 radical (unpaired) electrons. The van der Waals surface area contributed by atoms with Crippen LogP contribution in [-0.4, -0.2) is 15.9 Å². The Kier molecular flexibility index (Phi) is 4.00. The highest BCUT2D eigenvalue weighted by Crippen LogP contribution is 2.31. The number of thiazole rings is 2. The van der Waals surface area contributed by atoms with E-state index in [-0.39, 0.29) is 11.7 Å². The summed E-state index contributed by atoms with van der Waals surface area (Å²) in [5, 5.41) is 4.07. The first-order chi connectivity index (χ1) is 10.5. The molecule has 0 atom stereocenters. The number of nitrogens with one attached hydrogen (secondary N) is 1. The third-order valence-electron chi connectivity index (χ3n) is 2.90. The van der Waals surface area contributed by atoms with Gasteiger partial charge in [0.2, 0.25) is 0 Å². The van der Waals surface area contributed by atoms with E-state index in [2.05, 4.69) is 15.3 Å². The predicted molar refractivity (Wildman–Crippen MR) is 87.0 cm³/mol. The SMILES string of the molecule is Cc1cnc(NC(=O)c2nc(C)sc2-c2ccc(F)cc2)s1. The lowest BCUT2D eigenvalue weighted by molar-refractivity contribution is 0.102. The van der Waals surface area contributed by atoms with Gasteiger partial charge in [-0.15, -0.1) is 22.7 Å². The number of aromatic nitrogens is 2. The van der Waals surface area contributed by atoms with Gasteiger partial charge in [0, 0.05) is 11.1 Å². The molecule has 1 N–H and O–H groups in total. The molecule has 112 valence electrons. The van der Waals surface area contributed by atoms with E-state index in [0.717, 1.165) is 20.3 Å². The Balaban J connectivity index is 1.93. The summed E-state index contributed by atoms with van der Waals surface area (Å²) in [5.41, 5.74) is 1.11. The predicted octanol–water partition coefficient (Wildman–Crippen LogP) is 4.27. The average molecular weight is 333 g/mol. The Bertz CT molecular complexity index is 824. The zero-order valence-corrected chi connectivity index (χ0v) is 13.5. The normalized spacial score (nSPS) is 10.7. The van der Waals surface area contributed by atoms with Crippen LogP contribution in [0.2, 0.25) is 0 Å². The maximum atomic E-state index is 13.1. The Labute approximate surface area is 134 Å². The highest BCUT2D eigenvalue weighted by Gasteiger charge is 2.19. The largest absolute Gasteiger partial charge is 0.296 e. The van der Waals surface area contributed by atoms with Gasteiger partial charge in [-0.05, 0) is 31.5 Å². The van der Waals surface area contributed by atoms with Crippen LogP contribution >= 0.6 is 22.7 Å². The van der Waals surface area contributed by atoms with Crippen LogP contribution in [0.4, 0.5) is 9.52 Å². The van der Waals surface area contributed by atoms with Crippen molar-refractivity contribution in [2.24, 2.45) is 0 Å². The monoisotopic (exact) mass is 333 g/mol. The van der Waals surface area contributed by atoms with Crippen molar-refractivity contribution in [3.63, 3.8) is 0 Å². The van der Waals surface area contributed by atoms with Gasteiger partial charge in [0.05, 0.1) is 9.88 Å². The average Bonchev–Trinajstić information content (AvgIpc) is 3.06. The third kappa shape index (κ3) is 3.05. The highest BCUT2D eigenvalue weighted by atomic mass is 32.1. The smallest absolute Gasteiger partial charge is 0.277 e. The molecular weight excluding hydrogens is 321 g/mol. The molecule has 0 spiro atoms. The molecule has 1 aromatic carbocycles. The van der Waals surface area contributed by atoms with Gasteiger partial charge in [-0.2, -0.15) is 0 Å². The number of hydrogen-bond acceptors (Lipinski definition) is 5. The lowest BCUT2D eigenvalue weighted by Gasteiger charge is -2.02. The minimum absolute atomic E-state index is 0.307. The second-order valence-electron chi connectivity index (χ2n) is 4.65. The number of carbonyl (C=O) groups excluding carboxylic acids is 1. The van der Waals surface area contributed by atoms with Crippen molar-refractivity contribution in [2.75, 3.05) is 5.32 Å². The Morgan fingerprint density at radius 1 is 1.18 bits per heavy atom. The van der Waals surface area contributed by atoms with Crippen molar-refractivity contribution in [3.05, 3.63) is 51.9 Å². The molecule has 1 amide bonds. The number of benzene rings is 1. The molecule has 3 aromatic rings. The number of hydrogen-bond donors (Lipinski definition) is 1. The summed E-state index contributed by atoms with van der Waals surface area (Å²) in [5.74, 6) is -0.618. The maximum Gasteiger partial charge on any atom is 0.277 e. The molecule has 0 bridgehead atoms. The zero-order valence-electron chi connectivity index (χ0n) is 11.9. The van der Waals surface area contributed by atoms with Gasteiger partial charge >= 0.3 is 0 Å². The highest BCUT2D eigenvalue weighted by molar-refractivity contribution is 7.16. The van der Waals surface area contributed by atoms with Gasteiger partial charge in [0.25, 0.3) is 5.91 Å². The van der Waals surface area contributed by atoms with Crippen molar-refractivity contribution in [1.82, 2.24) is 9.97 Å². The molecule has 0 aliphatic heterocycles. The minimum Gasteiger partial charge on any atom is -0.296 e. The minimum atomic E-state index is -0.311. The van der Waals surface area contributed by atoms with Gasteiger partial charge in [-0.3, -0.25) is 10.1 Å². The molecule has 0 aliphatic carbocycles. The van der Waals surface area contributed by atoms with Gasteiger partial charge in [0.1, 0.15) is 11.5 Å². The number of anilines is 1. The van der Waals surface area contributed by atoms with Gasteiger partial charge in [0.15, 0.2) is 5.13 Å². The fourth-order valence-electron chi connectivity index (χ4n) is 1.95. The summed E-state index contributed by atoms with van der Waals surface area (Å²) in [6.07, 6.45) is 1.70. The van der Waals surface area contributed by atoms with Crippen molar-refractivity contribution in [1.29, 1.82) is 0 Å². The lowest BCUT2D eigenvalue weighted by Crippen LogP contribution is -2.13. The quantitative estimate of drug-likeness (QED) is 0.778. The van der Waals surface area contributed by atoms with E-state index in [4.69, 9.17) is 0 Å². The summed E-state index contributed by atoms with van der Waals surface area (Å²) in [7, 11) is 0. The van der Waals surface area contributed by atoms with Crippen LogP contribution in [0.15, 0.2) is 30.5 Å². The fourth-order valence-corrected chi connectivity index (χ4v) is 3.53. The van der Waals surface area contributed by atoms with Crippen molar-refractivity contribution < 1.29 is 9.18 Å². The molecular formula is C15H12FN3OS2. The number of rotatable bonds is 3. The van der Waals surface area contributed by atoms with Crippen LogP contribution in [0.1, 0.15) is 20.4 Å². The number of amides is 1. The van der Waals surface area contributed by atoms with Crippen LogP contribution in [0.25, 0.3) is 10.4 Å². The standard InChI is InChI=1S/C15H12FN3OS2/c1-8-7-17-15(21-8)19-14(20)12-13(22-9(2)18-12)10-3-5-11(16)6-4-10/h3-7H,1-2H3,(H,17,19,20). The molecule has 3 rings (SSSR count). The van der Waals surface area contributed by atoms with Gasteiger partial charge in [-0.25, -0.2) is 14.4 Å². The molecule has 0 aliphatic rings. The first-order valence-corrected chi connectivity index (χ1v) is 8.13. The Hall–Kier alpha value is -2.12. The van der Waals surface area contributed by atoms with Crippen LogP contribution < -0.4 is 5.32 Å². The number of carbonyl (C=O) groups is 1. The molecule has 0 fully saturated rings. The van der Waals surface area contributed by atoms with Crippen molar-refractivity contribution >= 4 is 33.7 Å². The van der Waals surface area contributed by atoms with E-state index in [0.29, 0.717) is 10.8 Å². The molecule has 7 heteroatoms. The maximum absolute atomic E-state index is 13.1. The van der Waals surface area contributed by atoms with Crippen LogP contribution in [0.5, 0.6) is 0 Å². The summed E-state index contributed by atoms with van der Waals surface area (Å²) in [6.45, 7) is 3.76. The first-order valence-electron chi connectivity index (χ1n) is 6.50. The molecule has 22 heavy (non-hydrogen) atoms. The number of nitrogens with zero attached hydrogens (tertiary/aromatic N) is 2. The van der Waals surface area contributed by atoms with Crippen LogP contribution in [0.3, 0.4) is 0 Å². The molecule has 0 unspecified atom stereocenters.